The van der Waals surface area contributed by atoms with Crippen LogP contribution < -0.4 is 14.8 Å². The fourth-order valence-electron chi connectivity index (χ4n) is 2.32. The second-order valence-electron chi connectivity index (χ2n) is 5.62. The molecule has 142 valence electrons. The van der Waals surface area contributed by atoms with Gasteiger partial charge in [0.2, 0.25) is 0 Å². The number of fused-ring (bicyclic) bond motifs is 1. The summed E-state index contributed by atoms with van der Waals surface area (Å²) in [5.41, 5.74) is 0.554. The van der Waals surface area contributed by atoms with E-state index >= 15 is 0 Å². The molecule has 0 bridgehead atoms. The number of carbonyl (C=O) groups excluding carboxylic acids is 2. The zero-order valence-electron chi connectivity index (χ0n) is 14.4. The second kappa shape index (κ2) is 9.53. The first-order valence-electron chi connectivity index (χ1n) is 8.33. The number of rotatable bonds is 7. The Balaban J connectivity index is 1.37. The lowest BCUT2D eigenvalue weighted by atomic mass is 10.2. The molecule has 3 rings (SSSR count). The number of ether oxygens (including phenoxy) is 3. The van der Waals surface area contributed by atoms with Gasteiger partial charge in [-0.25, -0.2) is 0 Å². The van der Waals surface area contributed by atoms with Gasteiger partial charge in [0.1, 0.15) is 13.2 Å². The van der Waals surface area contributed by atoms with E-state index in [1.54, 1.807) is 30.3 Å². The van der Waals surface area contributed by atoms with Crippen LogP contribution in [0, 0.1) is 0 Å². The van der Waals surface area contributed by atoms with Gasteiger partial charge in [0.25, 0.3) is 5.91 Å². The van der Waals surface area contributed by atoms with Crippen molar-refractivity contribution in [2.24, 2.45) is 0 Å². The summed E-state index contributed by atoms with van der Waals surface area (Å²) in [6.07, 6.45) is 0.213. The molecule has 1 aliphatic rings. The zero-order valence-corrected chi connectivity index (χ0v) is 16.0. The minimum atomic E-state index is -0.422. The van der Waals surface area contributed by atoms with E-state index in [2.05, 4.69) is 5.32 Å². The average Bonchev–Trinajstić information content (AvgIpc) is 2.68. The number of hydrogen-bond acceptors (Lipinski definition) is 6. The molecule has 0 atom stereocenters. The van der Waals surface area contributed by atoms with Crippen molar-refractivity contribution in [3.63, 3.8) is 0 Å². The number of nitrogens with one attached hydrogen (secondary N) is 1. The lowest BCUT2D eigenvalue weighted by Crippen LogP contribution is -2.21. The Morgan fingerprint density at radius 1 is 1.07 bits per heavy atom. The zero-order chi connectivity index (χ0) is 19.1. The molecule has 1 aliphatic heterocycles. The van der Waals surface area contributed by atoms with Crippen molar-refractivity contribution >= 4 is 40.9 Å². The highest BCUT2D eigenvalue weighted by molar-refractivity contribution is 7.99. The summed E-state index contributed by atoms with van der Waals surface area (Å²) in [5.74, 6) is 0.947. The van der Waals surface area contributed by atoms with Crippen LogP contribution in [-0.2, 0) is 14.3 Å². The molecule has 0 saturated carbocycles. The molecule has 0 radical (unpaired) electrons. The number of benzene rings is 2. The van der Waals surface area contributed by atoms with Crippen LogP contribution in [0.25, 0.3) is 0 Å². The quantitative estimate of drug-likeness (QED) is 0.556. The van der Waals surface area contributed by atoms with E-state index in [4.69, 9.17) is 25.8 Å². The summed E-state index contributed by atoms with van der Waals surface area (Å²) in [6.45, 7) is 0.639. The van der Waals surface area contributed by atoms with E-state index in [0.29, 0.717) is 41.2 Å². The normalized spacial score (nSPS) is 12.3. The van der Waals surface area contributed by atoms with Crippen LogP contribution in [0.2, 0.25) is 5.02 Å². The molecule has 1 N–H and O–H groups in total. The molecule has 0 aliphatic carbocycles. The highest BCUT2D eigenvalue weighted by atomic mass is 35.5. The highest BCUT2D eigenvalue weighted by Crippen LogP contribution is 2.32. The van der Waals surface area contributed by atoms with Crippen molar-refractivity contribution in [1.82, 2.24) is 0 Å². The molecule has 0 spiro atoms. The van der Waals surface area contributed by atoms with Gasteiger partial charge in [-0.15, -0.1) is 11.8 Å². The Morgan fingerprint density at radius 2 is 1.81 bits per heavy atom. The standard InChI is InChI=1S/C19H18ClNO5S/c20-13-1-4-15(5-2-13)27-10-7-19(23)26-12-18(22)21-14-3-6-16-17(11-14)25-9-8-24-16/h1-6,11H,7-10,12H2,(H,21,22). The number of amides is 1. The first kappa shape index (κ1) is 19.4. The Bertz CT molecular complexity index is 812. The Labute approximate surface area is 166 Å². The fraction of sp³-hybridized carbons (Fsp3) is 0.263. The minimum absolute atomic E-state index is 0.213. The molecule has 27 heavy (non-hydrogen) atoms. The van der Waals surface area contributed by atoms with Crippen molar-refractivity contribution in [2.45, 2.75) is 11.3 Å². The fourth-order valence-corrected chi connectivity index (χ4v) is 3.28. The van der Waals surface area contributed by atoms with Gasteiger partial charge >= 0.3 is 5.97 Å². The summed E-state index contributed by atoms with van der Waals surface area (Å²) in [4.78, 5) is 24.7. The van der Waals surface area contributed by atoms with Gasteiger partial charge in [-0.05, 0) is 36.4 Å². The molecule has 1 amide bonds. The average molecular weight is 408 g/mol. The van der Waals surface area contributed by atoms with E-state index in [-0.39, 0.29) is 13.0 Å². The van der Waals surface area contributed by atoms with Crippen LogP contribution in [0.4, 0.5) is 5.69 Å². The summed E-state index contributed by atoms with van der Waals surface area (Å²) < 4.78 is 15.9. The second-order valence-corrected chi connectivity index (χ2v) is 7.22. The SMILES string of the molecule is O=C(COC(=O)CCSc1ccc(Cl)cc1)Nc1ccc2c(c1)OCCO2. The molecule has 0 saturated heterocycles. The summed E-state index contributed by atoms with van der Waals surface area (Å²) in [5, 5.41) is 3.33. The Hall–Kier alpha value is -2.38. The smallest absolute Gasteiger partial charge is 0.307 e. The topological polar surface area (TPSA) is 73.9 Å². The van der Waals surface area contributed by atoms with Crippen molar-refractivity contribution in [2.75, 3.05) is 30.9 Å². The van der Waals surface area contributed by atoms with Gasteiger partial charge in [0.15, 0.2) is 18.1 Å². The molecule has 0 unspecified atom stereocenters. The number of esters is 1. The monoisotopic (exact) mass is 407 g/mol. The van der Waals surface area contributed by atoms with E-state index < -0.39 is 11.9 Å². The predicted octanol–water partition coefficient (Wildman–Crippen LogP) is 3.78. The number of carbonyl (C=O) groups is 2. The van der Waals surface area contributed by atoms with E-state index in [1.165, 1.54) is 11.8 Å². The maximum Gasteiger partial charge on any atom is 0.307 e. The van der Waals surface area contributed by atoms with Crippen LogP contribution >= 0.6 is 23.4 Å². The summed E-state index contributed by atoms with van der Waals surface area (Å²) in [7, 11) is 0. The van der Waals surface area contributed by atoms with Crippen LogP contribution in [0.1, 0.15) is 6.42 Å². The van der Waals surface area contributed by atoms with E-state index in [1.807, 2.05) is 12.1 Å². The lowest BCUT2D eigenvalue weighted by Gasteiger charge is -2.19. The maximum absolute atomic E-state index is 11.9. The molecule has 2 aromatic carbocycles. The van der Waals surface area contributed by atoms with Gasteiger partial charge in [-0.3, -0.25) is 9.59 Å². The molecule has 1 heterocycles. The molecule has 0 aromatic heterocycles. The van der Waals surface area contributed by atoms with Gasteiger partial charge in [-0.2, -0.15) is 0 Å². The Kier molecular flexibility index (Phi) is 6.84. The number of hydrogen-bond donors (Lipinski definition) is 1. The first-order chi connectivity index (χ1) is 13.1. The third-order valence-corrected chi connectivity index (χ3v) is 4.84. The van der Waals surface area contributed by atoms with Gasteiger partial charge in [0, 0.05) is 27.4 Å². The lowest BCUT2D eigenvalue weighted by molar-refractivity contribution is -0.146. The van der Waals surface area contributed by atoms with E-state index in [0.717, 1.165) is 4.90 Å². The first-order valence-corrected chi connectivity index (χ1v) is 9.70. The van der Waals surface area contributed by atoms with Crippen molar-refractivity contribution in [1.29, 1.82) is 0 Å². The summed E-state index contributed by atoms with van der Waals surface area (Å²) >= 11 is 7.35. The molecule has 8 heteroatoms. The molecular formula is C19H18ClNO5S. The van der Waals surface area contributed by atoms with Crippen LogP contribution in [0.5, 0.6) is 11.5 Å². The third-order valence-electron chi connectivity index (χ3n) is 3.58. The van der Waals surface area contributed by atoms with Crippen molar-refractivity contribution < 1.29 is 23.8 Å². The molecular weight excluding hydrogens is 390 g/mol. The third kappa shape index (κ3) is 6.08. The molecule has 6 nitrogen and oxygen atoms in total. The largest absolute Gasteiger partial charge is 0.486 e. The van der Waals surface area contributed by atoms with Gasteiger partial charge in [0.05, 0.1) is 6.42 Å². The van der Waals surface area contributed by atoms with E-state index in [9.17, 15) is 9.59 Å². The minimum Gasteiger partial charge on any atom is -0.486 e. The predicted molar refractivity (Wildman–Crippen MR) is 104 cm³/mol. The number of halogens is 1. The van der Waals surface area contributed by atoms with Crippen molar-refractivity contribution in [3.05, 3.63) is 47.5 Å². The number of anilines is 1. The maximum atomic E-state index is 11.9. The van der Waals surface area contributed by atoms with Crippen LogP contribution in [-0.4, -0.2) is 37.4 Å². The summed E-state index contributed by atoms with van der Waals surface area (Å²) in [6, 6.07) is 12.5. The highest BCUT2D eigenvalue weighted by Gasteiger charge is 2.13. The molecule has 2 aromatic rings. The van der Waals surface area contributed by atoms with Crippen molar-refractivity contribution in [3.8, 4) is 11.5 Å². The number of thioether (sulfide) groups is 1. The molecule has 0 fully saturated rings. The Morgan fingerprint density at radius 3 is 2.59 bits per heavy atom. The van der Waals surface area contributed by atoms with Gasteiger partial charge in [-0.1, -0.05) is 11.6 Å². The van der Waals surface area contributed by atoms with Gasteiger partial charge < -0.3 is 19.5 Å². The van der Waals surface area contributed by atoms with Crippen LogP contribution in [0.15, 0.2) is 47.4 Å². The van der Waals surface area contributed by atoms with Crippen LogP contribution in [0.3, 0.4) is 0 Å².